The number of rotatable bonds is 2. The zero-order valence-corrected chi connectivity index (χ0v) is 11.7. The molecule has 4 nitrogen and oxygen atoms in total. The van der Waals surface area contributed by atoms with Gasteiger partial charge in [0.1, 0.15) is 5.82 Å². The van der Waals surface area contributed by atoms with Crippen LogP contribution in [-0.2, 0) is 13.0 Å². The first-order valence-electron chi connectivity index (χ1n) is 5.92. The highest BCUT2D eigenvalue weighted by Gasteiger charge is 2.20. The Morgan fingerprint density at radius 2 is 2.06 bits per heavy atom. The summed E-state index contributed by atoms with van der Waals surface area (Å²) in [6.07, 6.45) is 3.01. The molecule has 17 heavy (non-hydrogen) atoms. The summed E-state index contributed by atoms with van der Waals surface area (Å²) < 4.78 is 0. The van der Waals surface area contributed by atoms with E-state index in [4.69, 9.17) is 0 Å². The molecule has 0 saturated carbocycles. The number of nitrogens with zero attached hydrogens (tertiary/aromatic N) is 2. The van der Waals surface area contributed by atoms with Crippen molar-refractivity contribution in [1.82, 2.24) is 15.3 Å². The first-order valence-corrected chi connectivity index (χ1v) is 7.15. The van der Waals surface area contributed by atoms with Gasteiger partial charge < -0.3 is 10.6 Å². The van der Waals surface area contributed by atoms with E-state index in [1.165, 1.54) is 11.3 Å². The van der Waals surface area contributed by atoms with Crippen molar-refractivity contribution in [2.24, 2.45) is 0 Å². The molecule has 94 valence electrons. The fourth-order valence-electron chi connectivity index (χ4n) is 1.87. The van der Waals surface area contributed by atoms with Crippen molar-refractivity contribution in [3.63, 3.8) is 0 Å². The second-order valence-corrected chi connectivity index (χ2v) is 6.06. The minimum absolute atomic E-state index is 0.0231. The maximum atomic E-state index is 4.59. The molecule has 0 aromatic carbocycles. The Morgan fingerprint density at radius 3 is 2.71 bits per heavy atom. The maximum Gasteiger partial charge on any atom is 0.189 e. The van der Waals surface area contributed by atoms with E-state index in [0.717, 1.165) is 30.5 Å². The molecule has 2 N–H and O–H groups in total. The lowest BCUT2D eigenvalue weighted by molar-refractivity contribution is 0.597. The number of hydrogen-bond donors (Lipinski definition) is 2. The van der Waals surface area contributed by atoms with E-state index in [-0.39, 0.29) is 5.54 Å². The molecule has 1 aliphatic rings. The van der Waals surface area contributed by atoms with Gasteiger partial charge in [0.05, 0.1) is 5.69 Å². The molecule has 0 saturated heterocycles. The van der Waals surface area contributed by atoms with Crippen molar-refractivity contribution >= 4 is 17.6 Å². The lowest BCUT2D eigenvalue weighted by atomic mass is 10.1. The molecule has 2 heterocycles. The average molecular weight is 252 g/mol. The van der Waals surface area contributed by atoms with E-state index in [0.29, 0.717) is 0 Å². The number of anilines is 1. The number of hydrogen-bond acceptors (Lipinski definition) is 5. The number of fused-ring (bicyclic) bond motifs is 1. The van der Waals surface area contributed by atoms with E-state index < -0.39 is 0 Å². The number of thioether (sulfide) groups is 1. The van der Waals surface area contributed by atoms with Crippen LogP contribution in [0.25, 0.3) is 0 Å². The van der Waals surface area contributed by atoms with Crippen LogP contribution in [0.3, 0.4) is 0 Å². The fourth-order valence-corrected chi connectivity index (χ4v) is 2.25. The molecule has 0 spiro atoms. The Bertz CT molecular complexity index is 412. The highest BCUT2D eigenvalue weighted by atomic mass is 32.2. The Balaban J connectivity index is 2.41. The molecule has 2 rings (SSSR count). The van der Waals surface area contributed by atoms with Crippen LogP contribution in [0, 0.1) is 0 Å². The normalized spacial score (nSPS) is 15.5. The van der Waals surface area contributed by atoms with Crippen molar-refractivity contribution in [1.29, 1.82) is 0 Å². The first kappa shape index (κ1) is 12.6. The number of aromatic nitrogens is 2. The summed E-state index contributed by atoms with van der Waals surface area (Å²) >= 11 is 1.60. The molecule has 0 radical (unpaired) electrons. The van der Waals surface area contributed by atoms with Crippen LogP contribution in [0.4, 0.5) is 5.82 Å². The highest BCUT2D eigenvalue weighted by Crippen LogP contribution is 2.25. The van der Waals surface area contributed by atoms with Crippen LogP contribution in [0.2, 0.25) is 0 Å². The van der Waals surface area contributed by atoms with Gasteiger partial charge in [0.15, 0.2) is 5.16 Å². The molecular weight excluding hydrogens is 232 g/mol. The van der Waals surface area contributed by atoms with Crippen LogP contribution in [0.5, 0.6) is 0 Å². The number of nitrogens with one attached hydrogen (secondary N) is 2. The van der Waals surface area contributed by atoms with E-state index in [9.17, 15) is 0 Å². The molecule has 0 amide bonds. The summed E-state index contributed by atoms with van der Waals surface area (Å²) in [5.74, 6) is 0.985. The van der Waals surface area contributed by atoms with E-state index in [2.05, 4.69) is 41.4 Å². The van der Waals surface area contributed by atoms with Gasteiger partial charge in [0.25, 0.3) is 0 Å². The Labute approximate surface area is 107 Å². The van der Waals surface area contributed by atoms with Crippen molar-refractivity contribution in [3.8, 4) is 0 Å². The van der Waals surface area contributed by atoms with Gasteiger partial charge in [-0.05, 0) is 27.0 Å². The van der Waals surface area contributed by atoms with Gasteiger partial charge in [0, 0.05) is 30.6 Å². The Kier molecular flexibility index (Phi) is 3.58. The van der Waals surface area contributed by atoms with E-state index in [1.807, 2.05) is 6.26 Å². The van der Waals surface area contributed by atoms with Crippen molar-refractivity contribution in [2.45, 2.75) is 44.4 Å². The third kappa shape index (κ3) is 3.10. The predicted molar refractivity (Wildman–Crippen MR) is 72.6 cm³/mol. The van der Waals surface area contributed by atoms with Gasteiger partial charge in [0.2, 0.25) is 0 Å². The first-order chi connectivity index (χ1) is 7.99. The van der Waals surface area contributed by atoms with Gasteiger partial charge in [-0.3, -0.25) is 0 Å². The molecular formula is C12H20N4S. The summed E-state index contributed by atoms with van der Waals surface area (Å²) in [6.45, 7) is 8.32. The van der Waals surface area contributed by atoms with Crippen molar-refractivity contribution < 1.29 is 0 Å². The summed E-state index contributed by atoms with van der Waals surface area (Å²) in [7, 11) is 0. The molecule has 1 aromatic heterocycles. The molecule has 0 unspecified atom stereocenters. The lowest BCUT2D eigenvalue weighted by Gasteiger charge is -2.26. The second kappa shape index (κ2) is 4.82. The van der Waals surface area contributed by atoms with Crippen molar-refractivity contribution in [2.75, 3.05) is 18.1 Å². The zero-order chi connectivity index (χ0) is 12.5. The average Bonchev–Trinajstić information content (AvgIpc) is 2.26. The van der Waals surface area contributed by atoms with Crippen LogP contribution in [0.15, 0.2) is 5.16 Å². The minimum Gasteiger partial charge on any atom is -0.365 e. The fraction of sp³-hybridized carbons (Fsp3) is 0.667. The summed E-state index contributed by atoms with van der Waals surface area (Å²) in [4.78, 5) is 9.18. The van der Waals surface area contributed by atoms with Gasteiger partial charge in [-0.2, -0.15) is 0 Å². The molecule has 0 aliphatic carbocycles. The van der Waals surface area contributed by atoms with E-state index >= 15 is 0 Å². The van der Waals surface area contributed by atoms with Crippen molar-refractivity contribution in [3.05, 3.63) is 11.3 Å². The molecule has 1 aromatic rings. The standard InChI is InChI=1S/C12H20N4S/c1-12(2,3)16-10-8-7-13-6-5-9(8)14-11(15-10)17-4/h13H,5-7H2,1-4H3,(H,14,15,16). The molecule has 0 bridgehead atoms. The Morgan fingerprint density at radius 1 is 1.29 bits per heavy atom. The van der Waals surface area contributed by atoms with Crippen LogP contribution < -0.4 is 10.6 Å². The van der Waals surface area contributed by atoms with Gasteiger partial charge >= 0.3 is 0 Å². The van der Waals surface area contributed by atoms with Crippen LogP contribution in [0.1, 0.15) is 32.0 Å². The highest BCUT2D eigenvalue weighted by molar-refractivity contribution is 7.98. The summed E-state index contributed by atoms with van der Waals surface area (Å²) in [5.41, 5.74) is 2.44. The SMILES string of the molecule is CSc1nc2c(c(NC(C)(C)C)n1)CNCC2. The predicted octanol–water partition coefficient (Wildman–Crippen LogP) is 2.05. The van der Waals surface area contributed by atoms with Gasteiger partial charge in [-0.1, -0.05) is 11.8 Å². The summed E-state index contributed by atoms with van der Waals surface area (Å²) in [5, 5.41) is 7.72. The van der Waals surface area contributed by atoms with Gasteiger partial charge in [-0.25, -0.2) is 9.97 Å². The summed E-state index contributed by atoms with van der Waals surface area (Å²) in [6, 6.07) is 0. The molecule has 5 heteroatoms. The maximum absolute atomic E-state index is 4.59. The topological polar surface area (TPSA) is 49.8 Å². The molecule has 1 aliphatic heterocycles. The van der Waals surface area contributed by atoms with Gasteiger partial charge in [-0.15, -0.1) is 0 Å². The minimum atomic E-state index is 0.0231. The third-order valence-electron chi connectivity index (χ3n) is 2.59. The second-order valence-electron chi connectivity index (χ2n) is 5.29. The monoisotopic (exact) mass is 252 g/mol. The largest absolute Gasteiger partial charge is 0.365 e. The lowest BCUT2D eigenvalue weighted by Crippen LogP contribution is -2.31. The molecule has 0 atom stereocenters. The Hall–Kier alpha value is -0.810. The third-order valence-corrected chi connectivity index (χ3v) is 3.14. The van der Waals surface area contributed by atoms with Crippen LogP contribution in [-0.4, -0.2) is 28.3 Å². The van der Waals surface area contributed by atoms with E-state index in [1.54, 1.807) is 11.8 Å². The quantitative estimate of drug-likeness (QED) is 0.623. The zero-order valence-electron chi connectivity index (χ0n) is 10.9. The molecule has 0 fully saturated rings. The van der Waals surface area contributed by atoms with Crippen LogP contribution >= 0.6 is 11.8 Å². The smallest absolute Gasteiger partial charge is 0.189 e.